The Hall–Kier alpha value is -2.94. The van der Waals surface area contributed by atoms with Gasteiger partial charge in [0.05, 0.1) is 35.6 Å². The first-order valence-corrected chi connectivity index (χ1v) is 9.94. The number of nitrogens with zero attached hydrogens (tertiary/aromatic N) is 2. The van der Waals surface area contributed by atoms with Gasteiger partial charge in [-0.15, -0.1) is 0 Å². The van der Waals surface area contributed by atoms with Gasteiger partial charge in [-0.25, -0.2) is 17.8 Å². The number of aromatic nitrogens is 2. The molecule has 0 bridgehead atoms. The van der Waals surface area contributed by atoms with E-state index in [1.54, 1.807) is 6.20 Å². The fourth-order valence-electron chi connectivity index (χ4n) is 2.65. The molecule has 1 unspecified atom stereocenters. The summed E-state index contributed by atoms with van der Waals surface area (Å²) in [5, 5.41) is 2.70. The molecule has 0 saturated carbocycles. The number of carbonyl (C=O) groups excluding carboxylic acids is 1. The van der Waals surface area contributed by atoms with E-state index in [1.807, 2.05) is 28.8 Å². The second-order valence-corrected chi connectivity index (χ2v) is 7.95. The van der Waals surface area contributed by atoms with Gasteiger partial charge in [0.25, 0.3) is 0 Å². The van der Waals surface area contributed by atoms with Crippen molar-refractivity contribution in [2.24, 2.45) is 5.92 Å². The zero-order valence-corrected chi connectivity index (χ0v) is 15.4. The van der Waals surface area contributed by atoms with Crippen molar-refractivity contribution in [2.75, 3.05) is 10.5 Å². The van der Waals surface area contributed by atoms with Gasteiger partial charge >= 0.3 is 0 Å². The van der Waals surface area contributed by atoms with Gasteiger partial charge in [-0.2, -0.15) is 0 Å². The third-order valence-corrected chi connectivity index (χ3v) is 5.44. The standard InChI is InChI=1S/C18H19FN4O3S/c1-13(12-27(25,26)22-15-6-4-5-14(19)9-15)18(24)21-11-17-20-10-16-7-2-3-8-23(16)17/h2-10,13,22H,11-12H2,1H3,(H,21,24). The Morgan fingerprint density at radius 1 is 1.26 bits per heavy atom. The molecule has 3 rings (SSSR count). The predicted octanol–water partition coefficient (Wildman–Crippen LogP) is 2.17. The molecular weight excluding hydrogens is 371 g/mol. The zero-order chi connectivity index (χ0) is 19.4. The zero-order valence-electron chi connectivity index (χ0n) is 14.6. The average molecular weight is 390 g/mol. The van der Waals surface area contributed by atoms with E-state index in [4.69, 9.17) is 0 Å². The van der Waals surface area contributed by atoms with Crippen molar-refractivity contribution in [3.63, 3.8) is 0 Å². The average Bonchev–Trinajstić information content (AvgIpc) is 3.02. The van der Waals surface area contributed by atoms with Gasteiger partial charge in [-0.3, -0.25) is 9.52 Å². The number of halogens is 1. The second-order valence-electron chi connectivity index (χ2n) is 6.18. The molecule has 0 spiro atoms. The topological polar surface area (TPSA) is 92.6 Å². The normalized spacial score (nSPS) is 12.7. The van der Waals surface area contributed by atoms with Crippen LogP contribution in [0.2, 0.25) is 0 Å². The highest BCUT2D eigenvalue weighted by atomic mass is 32.2. The number of sulfonamides is 1. The number of imidazole rings is 1. The summed E-state index contributed by atoms with van der Waals surface area (Å²) in [6, 6.07) is 10.8. The maximum absolute atomic E-state index is 13.2. The largest absolute Gasteiger partial charge is 0.349 e. The number of hydrogen-bond donors (Lipinski definition) is 2. The van der Waals surface area contributed by atoms with Crippen molar-refractivity contribution in [3.05, 3.63) is 66.5 Å². The lowest BCUT2D eigenvalue weighted by molar-refractivity contribution is -0.124. The molecule has 142 valence electrons. The summed E-state index contributed by atoms with van der Waals surface area (Å²) in [7, 11) is -3.80. The van der Waals surface area contributed by atoms with Crippen LogP contribution >= 0.6 is 0 Å². The van der Waals surface area contributed by atoms with E-state index >= 15 is 0 Å². The van der Waals surface area contributed by atoms with Crippen LogP contribution in [0.4, 0.5) is 10.1 Å². The molecule has 1 aromatic carbocycles. The van der Waals surface area contributed by atoms with Gasteiger partial charge in [0.15, 0.2) is 0 Å². The Morgan fingerprint density at radius 2 is 2.07 bits per heavy atom. The van der Waals surface area contributed by atoms with Gasteiger partial charge in [-0.1, -0.05) is 19.1 Å². The molecule has 3 aromatic rings. The van der Waals surface area contributed by atoms with Crippen LogP contribution in [0.15, 0.2) is 54.9 Å². The van der Waals surface area contributed by atoms with Crippen molar-refractivity contribution in [3.8, 4) is 0 Å². The molecule has 0 aliphatic carbocycles. The third kappa shape index (κ3) is 4.82. The highest BCUT2D eigenvalue weighted by Gasteiger charge is 2.22. The number of anilines is 1. The summed E-state index contributed by atoms with van der Waals surface area (Å²) < 4.78 is 41.7. The smallest absolute Gasteiger partial charge is 0.233 e. The SMILES string of the molecule is CC(CS(=O)(=O)Nc1cccc(F)c1)C(=O)NCc1ncc2ccccn12. The maximum atomic E-state index is 13.2. The van der Waals surface area contributed by atoms with E-state index in [9.17, 15) is 17.6 Å². The first-order valence-electron chi connectivity index (χ1n) is 8.29. The number of benzene rings is 1. The molecule has 2 N–H and O–H groups in total. The minimum absolute atomic E-state index is 0.117. The molecule has 7 nitrogen and oxygen atoms in total. The van der Waals surface area contributed by atoms with Gasteiger partial charge in [0.2, 0.25) is 15.9 Å². The molecule has 27 heavy (non-hydrogen) atoms. The van der Waals surface area contributed by atoms with E-state index < -0.39 is 33.4 Å². The van der Waals surface area contributed by atoms with Crippen LogP contribution < -0.4 is 10.0 Å². The number of pyridine rings is 1. The van der Waals surface area contributed by atoms with Crippen molar-refractivity contribution in [1.29, 1.82) is 0 Å². The fraction of sp³-hybridized carbons (Fsp3) is 0.222. The Bertz CT molecular complexity index is 1070. The van der Waals surface area contributed by atoms with Crippen LogP contribution in [0.3, 0.4) is 0 Å². The number of rotatable bonds is 7. The van der Waals surface area contributed by atoms with Gasteiger partial charge < -0.3 is 9.72 Å². The molecular formula is C18H19FN4O3S. The molecule has 0 saturated heterocycles. The van der Waals surface area contributed by atoms with E-state index in [2.05, 4.69) is 15.0 Å². The Labute approximate surface area is 156 Å². The number of nitrogens with one attached hydrogen (secondary N) is 2. The predicted molar refractivity (Wildman–Crippen MR) is 100 cm³/mol. The summed E-state index contributed by atoms with van der Waals surface area (Å²) in [6.07, 6.45) is 3.53. The van der Waals surface area contributed by atoms with E-state index in [0.29, 0.717) is 5.82 Å². The first-order chi connectivity index (χ1) is 12.8. The number of hydrogen-bond acceptors (Lipinski definition) is 4. The highest BCUT2D eigenvalue weighted by molar-refractivity contribution is 7.92. The second kappa shape index (κ2) is 7.75. The molecule has 0 radical (unpaired) electrons. The fourth-order valence-corrected chi connectivity index (χ4v) is 4.03. The number of fused-ring (bicyclic) bond motifs is 1. The monoisotopic (exact) mass is 390 g/mol. The Morgan fingerprint density at radius 3 is 2.85 bits per heavy atom. The van der Waals surface area contributed by atoms with Crippen LogP contribution in [0.25, 0.3) is 5.52 Å². The van der Waals surface area contributed by atoms with Crippen molar-refractivity contribution in [2.45, 2.75) is 13.5 Å². The summed E-state index contributed by atoms with van der Waals surface area (Å²) >= 11 is 0. The van der Waals surface area contributed by atoms with E-state index in [-0.39, 0.29) is 12.2 Å². The summed E-state index contributed by atoms with van der Waals surface area (Å²) in [6.45, 7) is 1.70. The van der Waals surface area contributed by atoms with Gasteiger partial charge in [0.1, 0.15) is 11.6 Å². The number of amides is 1. The van der Waals surface area contributed by atoms with E-state index in [1.165, 1.54) is 25.1 Å². The third-order valence-electron chi connectivity index (χ3n) is 3.95. The Kier molecular flexibility index (Phi) is 5.41. The summed E-state index contributed by atoms with van der Waals surface area (Å²) in [5.41, 5.74) is 1.02. The van der Waals surface area contributed by atoms with E-state index in [0.717, 1.165) is 11.6 Å². The van der Waals surface area contributed by atoms with Crippen molar-refractivity contribution < 1.29 is 17.6 Å². The highest BCUT2D eigenvalue weighted by Crippen LogP contribution is 2.13. The van der Waals surface area contributed by atoms with Gasteiger partial charge in [0, 0.05) is 6.20 Å². The lowest BCUT2D eigenvalue weighted by Crippen LogP contribution is -2.34. The Balaban J connectivity index is 1.58. The van der Waals surface area contributed by atoms with Gasteiger partial charge in [-0.05, 0) is 30.3 Å². The molecule has 0 fully saturated rings. The van der Waals surface area contributed by atoms with Crippen LogP contribution in [0, 0.1) is 11.7 Å². The summed E-state index contributed by atoms with van der Waals surface area (Å²) in [5.74, 6) is -1.52. The maximum Gasteiger partial charge on any atom is 0.233 e. The van der Waals surface area contributed by atoms with Crippen LogP contribution in [-0.2, 0) is 21.4 Å². The van der Waals surface area contributed by atoms with Crippen LogP contribution in [0.1, 0.15) is 12.7 Å². The molecule has 2 aromatic heterocycles. The summed E-state index contributed by atoms with van der Waals surface area (Å²) in [4.78, 5) is 16.5. The molecule has 1 amide bonds. The number of carbonyl (C=O) groups is 1. The lowest BCUT2D eigenvalue weighted by Gasteiger charge is -2.14. The molecule has 1 atom stereocenters. The molecule has 2 heterocycles. The van der Waals surface area contributed by atoms with Crippen molar-refractivity contribution in [1.82, 2.24) is 14.7 Å². The van der Waals surface area contributed by atoms with Crippen LogP contribution in [-0.4, -0.2) is 29.5 Å². The first kappa shape index (κ1) is 18.8. The lowest BCUT2D eigenvalue weighted by atomic mass is 10.2. The van der Waals surface area contributed by atoms with Crippen molar-refractivity contribution >= 4 is 27.1 Å². The molecule has 0 aliphatic heterocycles. The molecule has 0 aliphatic rings. The quantitative estimate of drug-likeness (QED) is 0.647. The molecule has 9 heteroatoms. The van der Waals surface area contributed by atoms with Crippen LogP contribution in [0.5, 0.6) is 0 Å². The minimum atomic E-state index is -3.80. The minimum Gasteiger partial charge on any atom is -0.349 e.